The molecule has 1 heterocycles. The lowest BCUT2D eigenvalue weighted by atomic mass is 10.1. The smallest absolute Gasteiger partial charge is 0.325 e. The number of hydrogen-bond acceptors (Lipinski definition) is 5. The van der Waals surface area contributed by atoms with Crippen molar-refractivity contribution < 1.29 is 19.1 Å². The highest BCUT2D eigenvalue weighted by Gasteiger charge is 2.37. The minimum atomic E-state index is -0.550. The maximum absolute atomic E-state index is 12.6. The summed E-state index contributed by atoms with van der Waals surface area (Å²) in [5.41, 5.74) is 0.972. The van der Waals surface area contributed by atoms with Gasteiger partial charge < -0.3 is 14.4 Å². The zero-order valence-electron chi connectivity index (χ0n) is 13.6. The molecule has 130 valence electrons. The molecule has 0 spiro atoms. The fourth-order valence-corrected chi connectivity index (χ4v) is 2.80. The number of amides is 1. The molecule has 1 fully saturated rings. The molecule has 8 heteroatoms. The summed E-state index contributed by atoms with van der Waals surface area (Å²) in [6.07, 6.45) is 6.87. The minimum Gasteiger partial charge on any atom is -0.480 e. The van der Waals surface area contributed by atoms with Crippen molar-refractivity contribution in [2.75, 3.05) is 27.3 Å². The van der Waals surface area contributed by atoms with Gasteiger partial charge in [-0.05, 0) is 36.5 Å². The summed E-state index contributed by atoms with van der Waals surface area (Å²) in [5.74, 6) is 2.00. The van der Waals surface area contributed by atoms with E-state index in [-0.39, 0.29) is 24.2 Å². The maximum atomic E-state index is 12.6. The van der Waals surface area contributed by atoms with Gasteiger partial charge in [-0.2, -0.15) is 0 Å². The van der Waals surface area contributed by atoms with Crippen LogP contribution in [0.2, 0.25) is 0 Å². The van der Waals surface area contributed by atoms with E-state index in [1.807, 2.05) is 6.07 Å². The van der Waals surface area contributed by atoms with E-state index in [4.69, 9.17) is 23.4 Å². The molecule has 1 aliphatic heterocycles. The van der Waals surface area contributed by atoms with Crippen molar-refractivity contribution >= 4 is 51.2 Å². The first-order chi connectivity index (χ1) is 11.9. The standard InChI is InChI=1S/C17H15BrN2O4S/c1-4-7-24-14-6-5-12(18)8-11(14)9-13-16(22)20(10-15(21)23-3)17(25)19(13)2/h1,5-6,8-9H,7,10H2,2-3H3/b13-9-. The van der Waals surface area contributed by atoms with Crippen LogP contribution in [0, 0.1) is 12.3 Å². The molecule has 0 aromatic heterocycles. The summed E-state index contributed by atoms with van der Waals surface area (Å²) in [6.45, 7) is -0.136. The third-order valence-corrected chi connectivity index (χ3v) is 4.42. The third-order valence-electron chi connectivity index (χ3n) is 3.43. The number of thiocarbonyl (C=S) groups is 1. The van der Waals surface area contributed by atoms with Crippen LogP contribution in [0.3, 0.4) is 0 Å². The number of nitrogens with zero attached hydrogens (tertiary/aromatic N) is 2. The molecule has 1 aromatic carbocycles. The summed E-state index contributed by atoms with van der Waals surface area (Å²) >= 11 is 8.63. The predicted molar refractivity (Wildman–Crippen MR) is 101 cm³/mol. The lowest BCUT2D eigenvalue weighted by molar-refractivity contribution is -0.143. The second-order valence-electron chi connectivity index (χ2n) is 5.01. The molecule has 0 unspecified atom stereocenters. The summed E-state index contributed by atoms with van der Waals surface area (Å²) in [7, 11) is 2.91. The Morgan fingerprint density at radius 2 is 2.20 bits per heavy atom. The van der Waals surface area contributed by atoms with E-state index in [0.29, 0.717) is 17.0 Å². The van der Waals surface area contributed by atoms with Crippen LogP contribution < -0.4 is 4.74 Å². The maximum Gasteiger partial charge on any atom is 0.325 e. The number of carbonyl (C=O) groups is 2. The van der Waals surface area contributed by atoms with Gasteiger partial charge in [-0.1, -0.05) is 21.9 Å². The summed E-state index contributed by atoms with van der Waals surface area (Å²) in [4.78, 5) is 26.8. The van der Waals surface area contributed by atoms with Crippen molar-refractivity contribution in [3.63, 3.8) is 0 Å². The van der Waals surface area contributed by atoms with Crippen LogP contribution in [-0.2, 0) is 14.3 Å². The second-order valence-corrected chi connectivity index (χ2v) is 6.29. The molecule has 0 saturated carbocycles. The minimum absolute atomic E-state index is 0.106. The average molecular weight is 423 g/mol. The van der Waals surface area contributed by atoms with E-state index in [2.05, 4.69) is 26.6 Å². The fraction of sp³-hybridized carbons (Fsp3) is 0.235. The van der Waals surface area contributed by atoms with Gasteiger partial charge in [-0.25, -0.2) is 0 Å². The Morgan fingerprint density at radius 3 is 2.84 bits per heavy atom. The highest BCUT2D eigenvalue weighted by atomic mass is 79.9. The number of likely N-dealkylation sites (N-methyl/N-ethyl adjacent to an activating group) is 1. The van der Waals surface area contributed by atoms with Gasteiger partial charge in [0, 0.05) is 17.1 Å². The summed E-state index contributed by atoms with van der Waals surface area (Å²) in [5, 5.41) is 0.225. The van der Waals surface area contributed by atoms with Crippen LogP contribution in [0.15, 0.2) is 28.4 Å². The average Bonchev–Trinajstić information content (AvgIpc) is 2.79. The zero-order valence-corrected chi connectivity index (χ0v) is 16.0. The molecule has 0 aliphatic carbocycles. The molecule has 6 nitrogen and oxygen atoms in total. The van der Waals surface area contributed by atoms with Gasteiger partial charge in [-0.3, -0.25) is 14.5 Å². The van der Waals surface area contributed by atoms with Crippen LogP contribution in [-0.4, -0.2) is 54.1 Å². The monoisotopic (exact) mass is 422 g/mol. The number of rotatable bonds is 5. The predicted octanol–water partition coefficient (Wildman–Crippen LogP) is 2.03. The third kappa shape index (κ3) is 4.18. The number of ether oxygens (including phenoxy) is 2. The SMILES string of the molecule is C#CCOc1ccc(Br)cc1/C=C1/C(=O)N(CC(=O)OC)C(=S)N1C. The Bertz CT molecular complexity index is 800. The van der Waals surface area contributed by atoms with Crippen LogP contribution in [0.1, 0.15) is 5.56 Å². The van der Waals surface area contributed by atoms with Crippen molar-refractivity contribution in [3.05, 3.63) is 33.9 Å². The number of terminal acetylenes is 1. The molecule has 1 aromatic rings. The first-order valence-electron chi connectivity index (χ1n) is 7.13. The van der Waals surface area contributed by atoms with Gasteiger partial charge in [0.05, 0.1) is 7.11 Å². The fourth-order valence-electron chi connectivity index (χ4n) is 2.17. The van der Waals surface area contributed by atoms with Crippen LogP contribution in [0.5, 0.6) is 5.75 Å². The molecule has 0 N–H and O–H groups in total. The molecule has 0 bridgehead atoms. The van der Waals surface area contributed by atoms with E-state index in [9.17, 15) is 9.59 Å². The van der Waals surface area contributed by atoms with Gasteiger partial charge in [0.2, 0.25) is 0 Å². The Morgan fingerprint density at radius 1 is 1.48 bits per heavy atom. The zero-order chi connectivity index (χ0) is 18.6. The molecule has 1 saturated heterocycles. The Balaban J connectivity index is 2.39. The number of carbonyl (C=O) groups excluding carboxylic acids is 2. The molecular formula is C17H15BrN2O4S. The molecule has 25 heavy (non-hydrogen) atoms. The molecule has 0 radical (unpaired) electrons. The molecule has 1 amide bonds. The van der Waals surface area contributed by atoms with Crippen molar-refractivity contribution in [1.29, 1.82) is 0 Å². The molecule has 2 rings (SSSR count). The number of hydrogen-bond donors (Lipinski definition) is 0. The number of halogens is 1. The van der Waals surface area contributed by atoms with Gasteiger partial charge in [0.1, 0.15) is 24.6 Å². The Hall–Kier alpha value is -2.37. The summed E-state index contributed by atoms with van der Waals surface area (Å²) in [6, 6.07) is 5.35. The van der Waals surface area contributed by atoms with Gasteiger partial charge in [0.25, 0.3) is 5.91 Å². The Kier molecular flexibility index (Phi) is 6.17. The molecule has 1 aliphatic rings. The van der Waals surface area contributed by atoms with Crippen LogP contribution >= 0.6 is 28.1 Å². The van der Waals surface area contributed by atoms with E-state index in [0.717, 1.165) is 4.47 Å². The quantitative estimate of drug-likeness (QED) is 0.313. The van der Waals surface area contributed by atoms with E-state index in [1.54, 1.807) is 25.3 Å². The first-order valence-corrected chi connectivity index (χ1v) is 8.33. The van der Waals surface area contributed by atoms with Crippen molar-refractivity contribution in [3.8, 4) is 18.1 Å². The highest BCUT2D eigenvalue weighted by Crippen LogP contribution is 2.29. The summed E-state index contributed by atoms with van der Waals surface area (Å²) < 4.78 is 10.9. The number of benzene rings is 1. The van der Waals surface area contributed by atoms with Crippen LogP contribution in [0.25, 0.3) is 6.08 Å². The Labute approximate surface area is 159 Å². The van der Waals surface area contributed by atoms with Gasteiger partial charge in [-0.15, -0.1) is 6.42 Å². The topological polar surface area (TPSA) is 59.1 Å². The lowest BCUT2D eigenvalue weighted by Gasteiger charge is -2.14. The van der Waals surface area contributed by atoms with Gasteiger partial charge >= 0.3 is 5.97 Å². The number of esters is 1. The normalized spacial score (nSPS) is 15.5. The highest BCUT2D eigenvalue weighted by molar-refractivity contribution is 9.10. The van der Waals surface area contributed by atoms with Crippen molar-refractivity contribution in [2.24, 2.45) is 0 Å². The second kappa shape index (κ2) is 8.14. The van der Waals surface area contributed by atoms with E-state index >= 15 is 0 Å². The van der Waals surface area contributed by atoms with Gasteiger partial charge in [0.15, 0.2) is 5.11 Å². The number of methoxy groups -OCH3 is 1. The van der Waals surface area contributed by atoms with Crippen LogP contribution in [0.4, 0.5) is 0 Å². The molecule has 0 atom stereocenters. The van der Waals surface area contributed by atoms with E-state index in [1.165, 1.54) is 16.9 Å². The largest absolute Gasteiger partial charge is 0.480 e. The van der Waals surface area contributed by atoms with Crippen molar-refractivity contribution in [1.82, 2.24) is 9.80 Å². The lowest BCUT2D eigenvalue weighted by Crippen LogP contribution is -2.36. The molecular weight excluding hydrogens is 408 g/mol. The van der Waals surface area contributed by atoms with Crippen molar-refractivity contribution in [2.45, 2.75) is 0 Å². The van der Waals surface area contributed by atoms with E-state index < -0.39 is 5.97 Å². The first kappa shape index (κ1) is 19.0.